The molecule has 2 aromatic carbocycles. The molecular formula is C21H22N2O4S. The molecular weight excluding hydrogens is 376 g/mol. The van der Waals surface area contributed by atoms with E-state index in [9.17, 15) is 13.2 Å². The number of hydrogen-bond donors (Lipinski definition) is 1. The van der Waals surface area contributed by atoms with Crippen molar-refractivity contribution in [3.05, 3.63) is 89.9 Å². The van der Waals surface area contributed by atoms with Crippen molar-refractivity contribution in [2.45, 2.75) is 24.9 Å². The summed E-state index contributed by atoms with van der Waals surface area (Å²) in [6.07, 6.45) is 1.55. The van der Waals surface area contributed by atoms with Crippen LogP contribution < -0.4 is 5.32 Å². The van der Waals surface area contributed by atoms with Crippen LogP contribution in [-0.2, 0) is 23.1 Å². The second-order valence-corrected chi connectivity index (χ2v) is 8.14. The number of benzene rings is 2. The van der Waals surface area contributed by atoms with E-state index >= 15 is 0 Å². The van der Waals surface area contributed by atoms with Gasteiger partial charge in [0, 0.05) is 18.7 Å². The highest BCUT2D eigenvalue weighted by molar-refractivity contribution is 7.89. The van der Waals surface area contributed by atoms with Crippen molar-refractivity contribution >= 4 is 15.9 Å². The van der Waals surface area contributed by atoms with Gasteiger partial charge in [-0.3, -0.25) is 4.79 Å². The smallest absolute Gasteiger partial charge is 0.251 e. The molecule has 0 atom stereocenters. The molecule has 0 saturated heterocycles. The lowest BCUT2D eigenvalue weighted by Crippen LogP contribution is -2.30. The number of carbonyl (C=O) groups is 1. The van der Waals surface area contributed by atoms with E-state index in [2.05, 4.69) is 5.32 Å². The third kappa shape index (κ3) is 4.68. The minimum Gasteiger partial charge on any atom is -0.467 e. The zero-order valence-corrected chi connectivity index (χ0v) is 16.4. The van der Waals surface area contributed by atoms with Gasteiger partial charge in [-0.15, -0.1) is 0 Å². The highest BCUT2D eigenvalue weighted by atomic mass is 32.2. The molecule has 0 fully saturated rings. The average molecular weight is 398 g/mol. The normalized spacial score (nSPS) is 11.5. The molecule has 0 aliphatic heterocycles. The number of nitrogens with zero attached hydrogens (tertiary/aromatic N) is 1. The van der Waals surface area contributed by atoms with Gasteiger partial charge in [-0.1, -0.05) is 37.3 Å². The number of carbonyl (C=O) groups excluding carboxylic acids is 1. The Labute approximate surface area is 164 Å². The Bertz CT molecular complexity index is 998. The fourth-order valence-corrected chi connectivity index (χ4v) is 4.21. The quantitative estimate of drug-likeness (QED) is 0.631. The fraction of sp³-hybridized carbons (Fsp3) is 0.190. The summed E-state index contributed by atoms with van der Waals surface area (Å²) in [6, 6.07) is 18.8. The Balaban J connectivity index is 1.66. The lowest BCUT2D eigenvalue weighted by Gasteiger charge is -2.20. The van der Waals surface area contributed by atoms with Crippen molar-refractivity contribution in [1.82, 2.24) is 9.62 Å². The van der Waals surface area contributed by atoms with Gasteiger partial charge < -0.3 is 9.73 Å². The van der Waals surface area contributed by atoms with E-state index in [4.69, 9.17) is 4.42 Å². The molecule has 7 heteroatoms. The maximum atomic E-state index is 12.8. The summed E-state index contributed by atoms with van der Waals surface area (Å²) in [6.45, 7) is 2.70. The standard InChI is InChI=1S/C21H22N2O4S/c1-2-23(28(25,26)20-8-4-3-5-9-20)16-17-10-12-18(13-11-17)21(24)22-15-19-7-6-14-27-19/h3-14H,2,15-16H2,1H3,(H,22,24). The number of amides is 1. The van der Waals surface area contributed by atoms with Gasteiger partial charge in [-0.25, -0.2) is 8.42 Å². The van der Waals surface area contributed by atoms with Crippen molar-refractivity contribution in [3.8, 4) is 0 Å². The first kappa shape index (κ1) is 19.9. The second kappa shape index (κ2) is 8.86. The molecule has 0 aliphatic carbocycles. The summed E-state index contributed by atoms with van der Waals surface area (Å²) in [5.74, 6) is 0.460. The highest BCUT2D eigenvalue weighted by Crippen LogP contribution is 2.18. The van der Waals surface area contributed by atoms with Crippen LogP contribution in [0.3, 0.4) is 0 Å². The number of furan rings is 1. The molecule has 146 valence electrons. The maximum absolute atomic E-state index is 12.8. The minimum atomic E-state index is -3.57. The Morgan fingerprint density at radius 3 is 2.32 bits per heavy atom. The molecule has 0 saturated carbocycles. The van der Waals surface area contributed by atoms with Crippen LogP contribution in [0.1, 0.15) is 28.6 Å². The molecule has 1 heterocycles. The molecule has 0 radical (unpaired) electrons. The first-order chi connectivity index (χ1) is 13.5. The zero-order valence-electron chi connectivity index (χ0n) is 15.5. The molecule has 0 aliphatic rings. The number of nitrogens with one attached hydrogen (secondary N) is 1. The van der Waals surface area contributed by atoms with E-state index in [0.717, 1.165) is 5.56 Å². The minimum absolute atomic E-state index is 0.216. The van der Waals surface area contributed by atoms with Gasteiger partial charge in [-0.05, 0) is 42.0 Å². The lowest BCUT2D eigenvalue weighted by molar-refractivity contribution is 0.0948. The summed E-state index contributed by atoms with van der Waals surface area (Å²) < 4.78 is 32.2. The molecule has 3 aromatic rings. The monoisotopic (exact) mass is 398 g/mol. The van der Waals surface area contributed by atoms with Crippen LogP contribution in [0, 0.1) is 0 Å². The van der Waals surface area contributed by atoms with Crippen molar-refractivity contribution < 1.29 is 17.6 Å². The fourth-order valence-electron chi connectivity index (χ4n) is 2.76. The molecule has 1 aromatic heterocycles. The van der Waals surface area contributed by atoms with Crippen molar-refractivity contribution in [2.75, 3.05) is 6.54 Å². The van der Waals surface area contributed by atoms with Gasteiger partial charge in [0.05, 0.1) is 17.7 Å². The molecule has 3 rings (SSSR count). The van der Waals surface area contributed by atoms with Crippen LogP contribution in [0.5, 0.6) is 0 Å². The lowest BCUT2D eigenvalue weighted by atomic mass is 10.1. The van der Waals surface area contributed by atoms with Gasteiger partial charge in [0.1, 0.15) is 5.76 Å². The van der Waals surface area contributed by atoms with Crippen LogP contribution in [0.25, 0.3) is 0 Å². The number of rotatable bonds is 8. The van der Waals surface area contributed by atoms with Crippen molar-refractivity contribution in [1.29, 1.82) is 0 Å². The van der Waals surface area contributed by atoms with E-state index in [1.807, 2.05) is 0 Å². The Kier molecular flexibility index (Phi) is 6.28. The highest BCUT2D eigenvalue weighted by Gasteiger charge is 2.22. The number of sulfonamides is 1. The second-order valence-electron chi connectivity index (χ2n) is 6.20. The summed E-state index contributed by atoms with van der Waals surface area (Å²) >= 11 is 0. The zero-order chi connectivity index (χ0) is 20.0. The first-order valence-electron chi connectivity index (χ1n) is 8.95. The molecule has 6 nitrogen and oxygen atoms in total. The van der Waals surface area contributed by atoms with Gasteiger partial charge >= 0.3 is 0 Å². The first-order valence-corrected chi connectivity index (χ1v) is 10.4. The van der Waals surface area contributed by atoms with Gasteiger partial charge in [-0.2, -0.15) is 4.31 Å². The van der Waals surface area contributed by atoms with Crippen molar-refractivity contribution in [2.24, 2.45) is 0 Å². The van der Waals surface area contributed by atoms with E-state index in [-0.39, 0.29) is 17.3 Å². The summed E-state index contributed by atoms with van der Waals surface area (Å²) in [4.78, 5) is 12.5. The molecule has 1 N–H and O–H groups in total. The van der Waals surface area contributed by atoms with Crippen molar-refractivity contribution in [3.63, 3.8) is 0 Å². The van der Waals surface area contributed by atoms with E-state index in [1.165, 1.54) is 4.31 Å². The molecule has 28 heavy (non-hydrogen) atoms. The van der Waals surface area contributed by atoms with Gasteiger partial charge in [0.2, 0.25) is 10.0 Å². The molecule has 0 unspecified atom stereocenters. The third-order valence-electron chi connectivity index (χ3n) is 4.31. The third-order valence-corrected chi connectivity index (χ3v) is 6.25. The molecule has 0 bridgehead atoms. The van der Waals surface area contributed by atoms with E-state index < -0.39 is 10.0 Å². The maximum Gasteiger partial charge on any atom is 0.251 e. The largest absolute Gasteiger partial charge is 0.467 e. The Hall–Kier alpha value is -2.90. The van der Waals surface area contributed by atoms with Gasteiger partial charge in [0.15, 0.2) is 0 Å². The van der Waals surface area contributed by atoms with Crippen LogP contribution in [0.2, 0.25) is 0 Å². The summed E-state index contributed by atoms with van der Waals surface area (Å²) in [7, 11) is -3.57. The predicted octanol–water partition coefficient (Wildman–Crippen LogP) is 3.42. The van der Waals surface area contributed by atoms with E-state index in [1.54, 1.807) is 79.9 Å². The molecule has 1 amide bonds. The van der Waals surface area contributed by atoms with Crippen LogP contribution >= 0.6 is 0 Å². The Morgan fingerprint density at radius 2 is 1.71 bits per heavy atom. The SMILES string of the molecule is CCN(Cc1ccc(C(=O)NCc2ccco2)cc1)S(=O)(=O)c1ccccc1. The topological polar surface area (TPSA) is 79.6 Å². The number of hydrogen-bond acceptors (Lipinski definition) is 4. The summed E-state index contributed by atoms with van der Waals surface area (Å²) in [5, 5.41) is 2.78. The van der Waals surface area contributed by atoms with Crippen LogP contribution in [0.15, 0.2) is 82.3 Å². The van der Waals surface area contributed by atoms with E-state index in [0.29, 0.717) is 24.4 Å². The Morgan fingerprint density at radius 1 is 1.00 bits per heavy atom. The predicted molar refractivity (Wildman–Crippen MR) is 106 cm³/mol. The average Bonchev–Trinajstić information content (AvgIpc) is 3.25. The van der Waals surface area contributed by atoms with Crippen LogP contribution in [0.4, 0.5) is 0 Å². The van der Waals surface area contributed by atoms with Gasteiger partial charge in [0.25, 0.3) is 5.91 Å². The van der Waals surface area contributed by atoms with Crippen LogP contribution in [-0.4, -0.2) is 25.2 Å². The summed E-state index contributed by atoms with van der Waals surface area (Å²) in [5.41, 5.74) is 1.31. The molecule has 0 spiro atoms.